The highest BCUT2D eigenvalue weighted by Crippen LogP contribution is 2.16. The molecule has 1 aromatic heterocycles. The third kappa shape index (κ3) is 3.57. The number of nitrogens with zero attached hydrogens (tertiary/aromatic N) is 3. The van der Waals surface area contributed by atoms with Crippen LogP contribution in [0.3, 0.4) is 0 Å². The van der Waals surface area contributed by atoms with Crippen molar-refractivity contribution in [3.8, 4) is 0 Å². The Bertz CT molecular complexity index is 565. The Morgan fingerprint density at radius 1 is 1.40 bits per heavy atom. The predicted octanol–water partition coefficient (Wildman–Crippen LogP) is 1.45. The van der Waals surface area contributed by atoms with Gasteiger partial charge in [-0.25, -0.2) is 0 Å². The van der Waals surface area contributed by atoms with E-state index in [-0.39, 0.29) is 5.91 Å². The van der Waals surface area contributed by atoms with Crippen LogP contribution in [0.5, 0.6) is 0 Å². The fraction of sp³-hybridized carbons (Fsp3) is 0.357. The van der Waals surface area contributed by atoms with Crippen LogP contribution in [0.15, 0.2) is 30.6 Å². The SMILES string of the molecule is CCNc1ccc(C(=O)NCCn2ccnn2)cc1C. The lowest BCUT2D eigenvalue weighted by Gasteiger charge is -2.10. The molecule has 1 aromatic carbocycles. The summed E-state index contributed by atoms with van der Waals surface area (Å²) in [6, 6.07) is 5.66. The molecule has 6 nitrogen and oxygen atoms in total. The van der Waals surface area contributed by atoms with Gasteiger partial charge in [0.2, 0.25) is 0 Å². The van der Waals surface area contributed by atoms with E-state index in [0.717, 1.165) is 17.8 Å². The highest BCUT2D eigenvalue weighted by molar-refractivity contribution is 5.94. The molecular formula is C14H19N5O. The zero-order chi connectivity index (χ0) is 14.4. The molecule has 0 radical (unpaired) electrons. The number of hydrogen-bond acceptors (Lipinski definition) is 4. The molecule has 1 amide bonds. The molecule has 2 aromatic rings. The number of anilines is 1. The van der Waals surface area contributed by atoms with Crippen molar-refractivity contribution in [1.29, 1.82) is 0 Å². The van der Waals surface area contributed by atoms with E-state index >= 15 is 0 Å². The number of aromatic nitrogens is 3. The van der Waals surface area contributed by atoms with Crippen molar-refractivity contribution in [1.82, 2.24) is 20.3 Å². The van der Waals surface area contributed by atoms with Gasteiger partial charge in [0.05, 0.1) is 12.7 Å². The van der Waals surface area contributed by atoms with E-state index < -0.39 is 0 Å². The summed E-state index contributed by atoms with van der Waals surface area (Å²) in [4.78, 5) is 12.0. The fourth-order valence-corrected chi connectivity index (χ4v) is 1.93. The Labute approximate surface area is 118 Å². The number of aryl methyl sites for hydroxylation is 1. The van der Waals surface area contributed by atoms with Crippen LogP contribution in [0, 0.1) is 6.92 Å². The molecule has 0 atom stereocenters. The minimum absolute atomic E-state index is 0.0729. The van der Waals surface area contributed by atoms with E-state index in [1.807, 2.05) is 32.0 Å². The van der Waals surface area contributed by atoms with Crippen molar-refractivity contribution in [2.45, 2.75) is 20.4 Å². The molecule has 0 aliphatic heterocycles. The summed E-state index contributed by atoms with van der Waals surface area (Å²) in [5.41, 5.74) is 2.80. The number of carbonyl (C=O) groups excluding carboxylic acids is 1. The van der Waals surface area contributed by atoms with Crippen molar-refractivity contribution in [3.05, 3.63) is 41.7 Å². The van der Waals surface area contributed by atoms with Crippen molar-refractivity contribution in [2.24, 2.45) is 0 Å². The predicted molar refractivity (Wildman–Crippen MR) is 77.7 cm³/mol. The van der Waals surface area contributed by atoms with E-state index in [1.165, 1.54) is 0 Å². The van der Waals surface area contributed by atoms with Crippen LogP contribution in [0.25, 0.3) is 0 Å². The third-order valence-corrected chi connectivity index (χ3v) is 2.95. The van der Waals surface area contributed by atoms with Crippen molar-refractivity contribution < 1.29 is 4.79 Å². The summed E-state index contributed by atoms with van der Waals surface area (Å²) in [7, 11) is 0. The number of hydrogen-bond donors (Lipinski definition) is 2. The van der Waals surface area contributed by atoms with Crippen LogP contribution in [0.4, 0.5) is 5.69 Å². The third-order valence-electron chi connectivity index (χ3n) is 2.95. The summed E-state index contributed by atoms with van der Waals surface area (Å²) in [6.45, 7) is 6.04. The highest BCUT2D eigenvalue weighted by atomic mass is 16.1. The van der Waals surface area contributed by atoms with Gasteiger partial charge in [0.1, 0.15) is 0 Å². The van der Waals surface area contributed by atoms with E-state index in [9.17, 15) is 4.79 Å². The van der Waals surface area contributed by atoms with E-state index in [2.05, 4.69) is 20.9 Å². The monoisotopic (exact) mass is 273 g/mol. The van der Waals surface area contributed by atoms with Gasteiger partial charge in [-0.3, -0.25) is 9.48 Å². The minimum Gasteiger partial charge on any atom is -0.385 e. The lowest BCUT2D eigenvalue weighted by Crippen LogP contribution is -2.27. The van der Waals surface area contributed by atoms with Gasteiger partial charge in [-0.05, 0) is 37.6 Å². The van der Waals surface area contributed by atoms with Crippen LogP contribution in [-0.2, 0) is 6.54 Å². The van der Waals surface area contributed by atoms with Crippen LogP contribution in [-0.4, -0.2) is 34.0 Å². The summed E-state index contributed by atoms with van der Waals surface area (Å²) in [6.07, 6.45) is 3.38. The van der Waals surface area contributed by atoms with Crippen molar-refractivity contribution in [2.75, 3.05) is 18.4 Å². The number of rotatable bonds is 6. The molecular weight excluding hydrogens is 254 g/mol. The van der Waals surface area contributed by atoms with E-state index in [0.29, 0.717) is 18.7 Å². The normalized spacial score (nSPS) is 10.3. The molecule has 0 unspecified atom stereocenters. The molecule has 0 aliphatic carbocycles. The lowest BCUT2D eigenvalue weighted by atomic mass is 10.1. The molecule has 6 heteroatoms. The van der Waals surface area contributed by atoms with Gasteiger partial charge in [0.25, 0.3) is 5.91 Å². The Kier molecular flexibility index (Phi) is 4.70. The van der Waals surface area contributed by atoms with E-state index in [1.54, 1.807) is 17.1 Å². The Morgan fingerprint density at radius 3 is 2.90 bits per heavy atom. The lowest BCUT2D eigenvalue weighted by molar-refractivity contribution is 0.0952. The number of carbonyl (C=O) groups is 1. The zero-order valence-electron chi connectivity index (χ0n) is 11.8. The second-order valence-corrected chi connectivity index (χ2v) is 4.48. The molecule has 1 heterocycles. The zero-order valence-corrected chi connectivity index (χ0v) is 11.8. The topological polar surface area (TPSA) is 71.8 Å². The fourth-order valence-electron chi connectivity index (χ4n) is 1.93. The molecule has 106 valence electrons. The van der Waals surface area contributed by atoms with Gasteiger partial charge in [-0.15, -0.1) is 5.10 Å². The molecule has 0 aliphatic rings. The largest absolute Gasteiger partial charge is 0.385 e. The minimum atomic E-state index is -0.0729. The molecule has 0 spiro atoms. The molecule has 2 rings (SSSR count). The van der Waals surface area contributed by atoms with Crippen molar-refractivity contribution in [3.63, 3.8) is 0 Å². The molecule has 2 N–H and O–H groups in total. The Morgan fingerprint density at radius 2 is 2.25 bits per heavy atom. The Balaban J connectivity index is 1.90. The summed E-state index contributed by atoms with van der Waals surface area (Å²) >= 11 is 0. The number of amides is 1. The molecule has 0 saturated carbocycles. The highest BCUT2D eigenvalue weighted by Gasteiger charge is 2.07. The van der Waals surface area contributed by atoms with Crippen LogP contribution in [0.2, 0.25) is 0 Å². The maximum atomic E-state index is 12.0. The average molecular weight is 273 g/mol. The first kappa shape index (κ1) is 14.0. The average Bonchev–Trinajstić information content (AvgIpc) is 2.94. The Hall–Kier alpha value is -2.37. The van der Waals surface area contributed by atoms with Crippen LogP contribution in [0.1, 0.15) is 22.8 Å². The summed E-state index contributed by atoms with van der Waals surface area (Å²) < 4.78 is 1.68. The molecule has 0 fully saturated rings. The quantitative estimate of drug-likeness (QED) is 0.835. The maximum Gasteiger partial charge on any atom is 0.251 e. The maximum absolute atomic E-state index is 12.0. The molecule has 20 heavy (non-hydrogen) atoms. The van der Waals surface area contributed by atoms with Gasteiger partial charge < -0.3 is 10.6 Å². The second kappa shape index (κ2) is 6.70. The van der Waals surface area contributed by atoms with Gasteiger partial charge in [0.15, 0.2) is 0 Å². The molecule has 0 saturated heterocycles. The van der Waals surface area contributed by atoms with Crippen molar-refractivity contribution >= 4 is 11.6 Å². The standard InChI is InChI=1S/C14H19N5O/c1-3-15-13-5-4-12(10-11(13)2)14(20)16-6-8-19-9-7-17-18-19/h4-5,7,9-10,15H,3,6,8H2,1-2H3,(H,16,20). The first-order valence-corrected chi connectivity index (χ1v) is 6.67. The van der Waals surface area contributed by atoms with Gasteiger partial charge in [-0.2, -0.15) is 0 Å². The van der Waals surface area contributed by atoms with Crippen LogP contribution >= 0.6 is 0 Å². The summed E-state index contributed by atoms with van der Waals surface area (Å²) in [5, 5.41) is 13.7. The van der Waals surface area contributed by atoms with Gasteiger partial charge in [0, 0.05) is 30.5 Å². The number of nitrogens with one attached hydrogen (secondary N) is 2. The summed E-state index contributed by atoms with van der Waals surface area (Å²) in [5.74, 6) is -0.0729. The number of benzene rings is 1. The molecule has 0 bridgehead atoms. The van der Waals surface area contributed by atoms with Gasteiger partial charge in [-0.1, -0.05) is 5.21 Å². The van der Waals surface area contributed by atoms with E-state index in [4.69, 9.17) is 0 Å². The second-order valence-electron chi connectivity index (χ2n) is 4.48. The van der Waals surface area contributed by atoms with Crippen LogP contribution < -0.4 is 10.6 Å². The van der Waals surface area contributed by atoms with Gasteiger partial charge >= 0.3 is 0 Å². The first-order chi connectivity index (χ1) is 9.70. The smallest absolute Gasteiger partial charge is 0.251 e. The first-order valence-electron chi connectivity index (χ1n) is 6.67.